The number of hydrogen-bond donors (Lipinski definition) is 1. The third-order valence-corrected chi connectivity index (χ3v) is 2.39. The number of unbranched alkanes of at least 4 members (excludes halogenated alkanes) is 1. The lowest BCUT2D eigenvalue weighted by Crippen LogP contribution is -2.14. The number of pyridine rings is 1. The van der Waals surface area contributed by atoms with Crippen molar-refractivity contribution in [1.82, 2.24) is 9.88 Å². The zero-order chi connectivity index (χ0) is 11.1. The van der Waals surface area contributed by atoms with Crippen molar-refractivity contribution in [3.63, 3.8) is 0 Å². The second kappa shape index (κ2) is 6.64. The molecule has 0 aliphatic carbocycles. The van der Waals surface area contributed by atoms with Gasteiger partial charge in [0.25, 0.3) is 0 Å². The second-order valence-electron chi connectivity index (χ2n) is 3.77. The molecular weight excluding hydrogens is 210 g/mol. The highest BCUT2D eigenvalue weighted by Crippen LogP contribution is 2.16. The van der Waals surface area contributed by atoms with E-state index < -0.39 is 0 Å². The second-order valence-corrected chi connectivity index (χ2v) is 4.18. The first kappa shape index (κ1) is 12.3. The van der Waals surface area contributed by atoms with Gasteiger partial charge in [0.1, 0.15) is 5.82 Å². The minimum atomic E-state index is 0.685. The summed E-state index contributed by atoms with van der Waals surface area (Å²) in [5, 5.41) is 3.91. The SMILES string of the molecule is CN(C)CCCCNc1ncccc1Cl. The van der Waals surface area contributed by atoms with E-state index >= 15 is 0 Å². The largest absolute Gasteiger partial charge is 0.369 e. The minimum absolute atomic E-state index is 0.685. The molecule has 3 nitrogen and oxygen atoms in total. The summed E-state index contributed by atoms with van der Waals surface area (Å²) in [6, 6.07) is 3.68. The number of hydrogen-bond acceptors (Lipinski definition) is 3. The molecule has 1 heterocycles. The van der Waals surface area contributed by atoms with Crippen molar-refractivity contribution in [2.45, 2.75) is 12.8 Å². The Bertz CT molecular complexity index is 289. The Hall–Kier alpha value is -0.800. The van der Waals surface area contributed by atoms with Crippen molar-refractivity contribution in [1.29, 1.82) is 0 Å². The molecule has 0 saturated heterocycles. The van der Waals surface area contributed by atoms with Crippen molar-refractivity contribution in [2.24, 2.45) is 0 Å². The molecule has 0 amide bonds. The van der Waals surface area contributed by atoms with Crippen LogP contribution in [0, 0.1) is 0 Å². The molecule has 1 aromatic rings. The molecule has 15 heavy (non-hydrogen) atoms. The number of aromatic nitrogens is 1. The maximum Gasteiger partial charge on any atom is 0.144 e. The molecule has 0 aliphatic rings. The van der Waals surface area contributed by atoms with Gasteiger partial charge in [-0.25, -0.2) is 4.98 Å². The summed E-state index contributed by atoms with van der Waals surface area (Å²) in [5.41, 5.74) is 0. The van der Waals surface area contributed by atoms with E-state index in [4.69, 9.17) is 11.6 Å². The van der Waals surface area contributed by atoms with Gasteiger partial charge < -0.3 is 10.2 Å². The molecule has 0 fully saturated rings. The van der Waals surface area contributed by atoms with Crippen molar-refractivity contribution in [2.75, 3.05) is 32.5 Å². The number of halogens is 1. The summed E-state index contributed by atoms with van der Waals surface area (Å²) >= 11 is 5.95. The highest BCUT2D eigenvalue weighted by Gasteiger charge is 1.98. The third kappa shape index (κ3) is 5.00. The molecule has 1 N–H and O–H groups in total. The van der Waals surface area contributed by atoms with Crippen LogP contribution in [0.15, 0.2) is 18.3 Å². The number of anilines is 1. The Morgan fingerprint density at radius 1 is 1.40 bits per heavy atom. The van der Waals surface area contributed by atoms with Gasteiger partial charge in [0.05, 0.1) is 5.02 Å². The van der Waals surface area contributed by atoms with Crippen LogP contribution in [0.4, 0.5) is 5.82 Å². The Morgan fingerprint density at radius 2 is 2.20 bits per heavy atom. The molecule has 4 heteroatoms. The molecule has 0 unspecified atom stereocenters. The van der Waals surface area contributed by atoms with Crippen molar-refractivity contribution in [3.05, 3.63) is 23.4 Å². The first-order valence-electron chi connectivity index (χ1n) is 5.19. The van der Waals surface area contributed by atoms with E-state index in [-0.39, 0.29) is 0 Å². The number of nitrogens with one attached hydrogen (secondary N) is 1. The molecule has 0 aromatic carbocycles. The first-order chi connectivity index (χ1) is 7.20. The third-order valence-electron chi connectivity index (χ3n) is 2.08. The van der Waals surface area contributed by atoms with Crippen LogP contribution in [-0.2, 0) is 0 Å². The van der Waals surface area contributed by atoms with Gasteiger partial charge >= 0.3 is 0 Å². The fraction of sp³-hybridized carbons (Fsp3) is 0.545. The van der Waals surface area contributed by atoms with Gasteiger partial charge in [-0.15, -0.1) is 0 Å². The summed E-state index contributed by atoms with van der Waals surface area (Å²) in [7, 11) is 4.17. The summed E-state index contributed by atoms with van der Waals surface area (Å²) in [4.78, 5) is 6.35. The van der Waals surface area contributed by atoms with E-state index in [1.54, 1.807) is 6.20 Å². The average molecular weight is 228 g/mol. The number of nitrogens with zero attached hydrogens (tertiary/aromatic N) is 2. The molecular formula is C11H18ClN3. The lowest BCUT2D eigenvalue weighted by Gasteiger charge is -2.10. The van der Waals surface area contributed by atoms with Crippen LogP contribution in [0.5, 0.6) is 0 Å². The first-order valence-corrected chi connectivity index (χ1v) is 5.57. The van der Waals surface area contributed by atoms with Crippen LogP contribution >= 0.6 is 11.6 Å². The van der Waals surface area contributed by atoms with E-state index in [1.807, 2.05) is 12.1 Å². The van der Waals surface area contributed by atoms with E-state index in [2.05, 4.69) is 29.3 Å². The van der Waals surface area contributed by atoms with Crippen LogP contribution in [0.3, 0.4) is 0 Å². The molecule has 0 aliphatic heterocycles. The van der Waals surface area contributed by atoms with Gasteiger partial charge in [-0.05, 0) is 45.6 Å². The molecule has 0 spiro atoms. The Labute approximate surface area is 96.5 Å². The van der Waals surface area contributed by atoms with Crippen molar-refractivity contribution < 1.29 is 0 Å². The van der Waals surface area contributed by atoms with Gasteiger partial charge in [-0.1, -0.05) is 11.6 Å². The van der Waals surface area contributed by atoms with E-state index in [1.165, 1.54) is 6.42 Å². The fourth-order valence-electron chi connectivity index (χ4n) is 1.28. The Morgan fingerprint density at radius 3 is 2.87 bits per heavy atom. The molecule has 0 bridgehead atoms. The molecule has 1 rings (SSSR count). The van der Waals surface area contributed by atoms with Gasteiger partial charge in [0.2, 0.25) is 0 Å². The lowest BCUT2D eigenvalue weighted by atomic mass is 10.3. The predicted octanol–water partition coefficient (Wildman–Crippen LogP) is 2.49. The van der Waals surface area contributed by atoms with E-state index in [9.17, 15) is 0 Å². The van der Waals surface area contributed by atoms with E-state index in [0.717, 1.165) is 25.3 Å². The van der Waals surface area contributed by atoms with E-state index in [0.29, 0.717) is 5.02 Å². The molecule has 0 radical (unpaired) electrons. The molecule has 0 saturated carbocycles. The predicted molar refractivity (Wildman–Crippen MR) is 65.5 cm³/mol. The minimum Gasteiger partial charge on any atom is -0.369 e. The van der Waals surface area contributed by atoms with Crippen LogP contribution in [0.25, 0.3) is 0 Å². The van der Waals surface area contributed by atoms with Crippen LogP contribution < -0.4 is 5.32 Å². The highest BCUT2D eigenvalue weighted by atomic mass is 35.5. The van der Waals surface area contributed by atoms with Crippen LogP contribution in [0.2, 0.25) is 5.02 Å². The quantitative estimate of drug-likeness (QED) is 0.757. The summed E-state index contributed by atoms with van der Waals surface area (Å²) in [6.07, 6.45) is 4.06. The van der Waals surface area contributed by atoms with Crippen molar-refractivity contribution in [3.8, 4) is 0 Å². The maximum atomic E-state index is 5.95. The lowest BCUT2D eigenvalue weighted by molar-refractivity contribution is 0.396. The zero-order valence-electron chi connectivity index (χ0n) is 9.33. The smallest absolute Gasteiger partial charge is 0.144 e. The average Bonchev–Trinajstić information content (AvgIpc) is 2.20. The fourth-order valence-corrected chi connectivity index (χ4v) is 1.46. The zero-order valence-corrected chi connectivity index (χ0v) is 10.1. The van der Waals surface area contributed by atoms with Crippen LogP contribution in [-0.4, -0.2) is 37.1 Å². The van der Waals surface area contributed by atoms with Gasteiger partial charge in [0, 0.05) is 12.7 Å². The monoisotopic (exact) mass is 227 g/mol. The van der Waals surface area contributed by atoms with Gasteiger partial charge in [-0.3, -0.25) is 0 Å². The molecule has 1 aromatic heterocycles. The Kier molecular flexibility index (Phi) is 5.43. The maximum absolute atomic E-state index is 5.95. The van der Waals surface area contributed by atoms with Gasteiger partial charge in [-0.2, -0.15) is 0 Å². The number of rotatable bonds is 6. The molecule has 0 atom stereocenters. The van der Waals surface area contributed by atoms with Crippen molar-refractivity contribution >= 4 is 17.4 Å². The molecule has 84 valence electrons. The highest BCUT2D eigenvalue weighted by molar-refractivity contribution is 6.32. The summed E-state index contributed by atoms with van der Waals surface area (Å²) < 4.78 is 0. The topological polar surface area (TPSA) is 28.2 Å². The summed E-state index contributed by atoms with van der Waals surface area (Å²) in [6.45, 7) is 2.04. The summed E-state index contributed by atoms with van der Waals surface area (Å²) in [5.74, 6) is 0.781. The van der Waals surface area contributed by atoms with Crippen LogP contribution in [0.1, 0.15) is 12.8 Å². The Balaban J connectivity index is 2.18. The van der Waals surface area contributed by atoms with Gasteiger partial charge in [0.15, 0.2) is 0 Å². The standard InChI is InChI=1S/C11H18ClN3/c1-15(2)9-4-3-7-13-11-10(12)6-5-8-14-11/h5-6,8H,3-4,7,9H2,1-2H3,(H,13,14). The normalized spacial score (nSPS) is 10.7.